The highest BCUT2D eigenvalue weighted by atomic mass is 19.2. The van der Waals surface area contributed by atoms with Crippen molar-refractivity contribution in [1.82, 2.24) is 9.80 Å². The number of benzene rings is 1. The average molecular weight is 356 g/mol. The van der Waals surface area contributed by atoms with Crippen molar-refractivity contribution in [2.24, 2.45) is 5.92 Å². The molecule has 0 spiro atoms. The zero-order valence-corrected chi connectivity index (χ0v) is 14.5. The Morgan fingerprint density at radius 3 is 2.40 bits per heavy atom. The largest absolute Gasteiger partial charge is 0.346 e. The summed E-state index contributed by atoms with van der Waals surface area (Å²) in [5.74, 6) is -5.23. The first kappa shape index (κ1) is 19.3. The third kappa shape index (κ3) is 4.32. The third-order valence-electron chi connectivity index (χ3n) is 4.62. The molecule has 1 aromatic carbocycles. The van der Waals surface area contributed by atoms with Crippen molar-refractivity contribution >= 4 is 11.8 Å². The average Bonchev–Trinajstić information content (AvgIpc) is 2.63. The van der Waals surface area contributed by atoms with E-state index < -0.39 is 28.9 Å². The first-order chi connectivity index (χ1) is 11.9. The number of likely N-dealkylation sites (tertiary alicyclic amines) is 1. The standard InChI is InChI=1S/C18H23F3N2O2/c1-3-4-9-22(2)17(24)12-7-10-23(11-8-12)18(25)13-5-6-14(19)16(21)15(13)20/h5-6,12H,3-4,7-11H2,1-2H3. The third-order valence-corrected chi connectivity index (χ3v) is 4.62. The first-order valence-electron chi connectivity index (χ1n) is 8.54. The summed E-state index contributed by atoms with van der Waals surface area (Å²) in [4.78, 5) is 27.8. The van der Waals surface area contributed by atoms with Crippen LogP contribution >= 0.6 is 0 Å². The van der Waals surface area contributed by atoms with Gasteiger partial charge in [-0.3, -0.25) is 9.59 Å². The van der Waals surface area contributed by atoms with Crippen LogP contribution in [0.4, 0.5) is 13.2 Å². The Morgan fingerprint density at radius 2 is 1.80 bits per heavy atom. The molecule has 0 saturated carbocycles. The van der Waals surface area contributed by atoms with Crippen molar-refractivity contribution in [3.05, 3.63) is 35.1 Å². The van der Waals surface area contributed by atoms with Crippen LogP contribution in [-0.4, -0.2) is 48.3 Å². The quantitative estimate of drug-likeness (QED) is 0.760. The van der Waals surface area contributed by atoms with Gasteiger partial charge >= 0.3 is 0 Å². The van der Waals surface area contributed by atoms with Crippen LogP contribution in [0.1, 0.15) is 43.0 Å². The van der Waals surface area contributed by atoms with Gasteiger partial charge in [-0.05, 0) is 31.4 Å². The van der Waals surface area contributed by atoms with Gasteiger partial charge in [-0.15, -0.1) is 0 Å². The maximum absolute atomic E-state index is 13.8. The Kier molecular flexibility index (Phi) is 6.45. The summed E-state index contributed by atoms with van der Waals surface area (Å²) >= 11 is 0. The SMILES string of the molecule is CCCCN(C)C(=O)C1CCN(C(=O)c2ccc(F)c(F)c2F)CC1. The smallest absolute Gasteiger partial charge is 0.256 e. The van der Waals surface area contributed by atoms with Crippen molar-refractivity contribution in [3.63, 3.8) is 0 Å². The molecule has 138 valence electrons. The summed E-state index contributed by atoms with van der Waals surface area (Å²) < 4.78 is 40.1. The Balaban J connectivity index is 1.97. The van der Waals surface area contributed by atoms with Crippen LogP contribution in [-0.2, 0) is 4.79 Å². The summed E-state index contributed by atoms with van der Waals surface area (Å²) in [7, 11) is 1.77. The van der Waals surface area contributed by atoms with Gasteiger partial charge in [-0.1, -0.05) is 13.3 Å². The van der Waals surface area contributed by atoms with Crippen molar-refractivity contribution in [3.8, 4) is 0 Å². The monoisotopic (exact) mass is 356 g/mol. The van der Waals surface area contributed by atoms with Crippen LogP contribution in [0.25, 0.3) is 0 Å². The minimum atomic E-state index is -1.64. The molecule has 1 fully saturated rings. The van der Waals surface area contributed by atoms with Gasteiger partial charge in [-0.25, -0.2) is 13.2 Å². The lowest BCUT2D eigenvalue weighted by atomic mass is 9.94. The number of hydrogen-bond donors (Lipinski definition) is 0. The predicted molar refractivity (Wildman–Crippen MR) is 87.5 cm³/mol. The molecular weight excluding hydrogens is 333 g/mol. The number of hydrogen-bond acceptors (Lipinski definition) is 2. The number of carbonyl (C=O) groups is 2. The lowest BCUT2D eigenvalue weighted by molar-refractivity contribution is -0.135. The molecule has 4 nitrogen and oxygen atoms in total. The second kappa shape index (κ2) is 8.36. The van der Waals surface area contributed by atoms with Crippen LogP contribution in [0, 0.1) is 23.4 Å². The van der Waals surface area contributed by atoms with Gasteiger partial charge in [0, 0.05) is 32.6 Å². The Hall–Kier alpha value is -2.05. The van der Waals surface area contributed by atoms with E-state index in [-0.39, 0.29) is 24.9 Å². The van der Waals surface area contributed by atoms with Gasteiger partial charge in [0.2, 0.25) is 5.91 Å². The minimum Gasteiger partial charge on any atom is -0.346 e. The molecule has 0 aromatic heterocycles. The number of carbonyl (C=O) groups excluding carboxylic acids is 2. The lowest BCUT2D eigenvalue weighted by Crippen LogP contribution is -2.44. The maximum Gasteiger partial charge on any atom is 0.256 e. The summed E-state index contributed by atoms with van der Waals surface area (Å²) in [5.41, 5.74) is -0.483. The lowest BCUT2D eigenvalue weighted by Gasteiger charge is -2.33. The van der Waals surface area contributed by atoms with Crippen molar-refractivity contribution in [2.75, 3.05) is 26.7 Å². The fourth-order valence-corrected chi connectivity index (χ4v) is 3.01. The molecule has 2 rings (SSSR count). The topological polar surface area (TPSA) is 40.6 Å². The highest BCUT2D eigenvalue weighted by Crippen LogP contribution is 2.23. The molecule has 0 N–H and O–H groups in total. The number of unbranched alkanes of at least 4 members (excludes halogenated alkanes) is 1. The number of amides is 2. The van der Waals surface area contributed by atoms with Gasteiger partial charge in [0.15, 0.2) is 17.5 Å². The van der Waals surface area contributed by atoms with Crippen LogP contribution < -0.4 is 0 Å². The molecule has 7 heteroatoms. The fraction of sp³-hybridized carbons (Fsp3) is 0.556. The zero-order valence-electron chi connectivity index (χ0n) is 14.5. The maximum atomic E-state index is 13.8. The summed E-state index contributed by atoms with van der Waals surface area (Å²) in [6.45, 7) is 3.33. The second-order valence-corrected chi connectivity index (χ2v) is 6.40. The van der Waals surface area contributed by atoms with E-state index in [0.717, 1.165) is 25.0 Å². The molecule has 1 saturated heterocycles. The molecule has 1 heterocycles. The molecule has 2 amide bonds. The van der Waals surface area contributed by atoms with E-state index >= 15 is 0 Å². The molecule has 0 bridgehead atoms. The minimum absolute atomic E-state index is 0.0551. The van der Waals surface area contributed by atoms with Gasteiger partial charge in [0.05, 0.1) is 5.56 Å². The van der Waals surface area contributed by atoms with E-state index in [4.69, 9.17) is 0 Å². The van der Waals surface area contributed by atoms with Crippen LogP contribution in [0.2, 0.25) is 0 Å². The Bertz CT molecular complexity index is 643. The molecule has 0 atom stereocenters. The molecule has 0 aliphatic carbocycles. The van der Waals surface area contributed by atoms with Crippen LogP contribution in [0.5, 0.6) is 0 Å². The van der Waals surface area contributed by atoms with E-state index in [1.54, 1.807) is 11.9 Å². The summed E-state index contributed by atoms with van der Waals surface area (Å²) in [6, 6.07) is 1.69. The predicted octanol–water partition coefficient (Wildman–Crippen LogP) is 3.21. The number of rotatable bonds is 5. The van der Waals surface area contributed by atoms with E-state index in [1.165, 1.54) is 4.90 Å². The summed E-state index contributed by atoms with van der Waals surface area (Å²) in [5, 5.41) is 0. The van der Waals surface area contributed by atoms with Gasteiger partial charge in [-0.2, -0.15) is 0 Å². The van der Waals surface area contributed by atoms with Gasteiger partial charge < -0.3 is 9.80 Å². The fourth-order valence-electron chi connectivity index (χ4n) is 3.01. The van der Waals surface area contributed by atoms with Crippen molar-refractivity contribution in [2.45, 2.75) is 32.6 Å². The molecule has 1 aliphatic rings. The number of halogens is 3. The Morgan fingerprint density at radius 1 is 1.16 bits per heavy atom. The molecule has 1 aliphatic heterocycles. The normalized spacial score (nSPS) is 15.3. The number of piperidine rings is 1. The first-order valence-corrected chi connectivity index (χ1v) is 8.54. The van der Waals surface area contributed by atoms with Crippen LogP contribution in [0.3, 0.4) is 0 Å². The summed E-state index contributed by atoms with van der Waals surface area (Å²) in [6.07, 6.45) is 2.90. The molecule has 1 aromatic rings. The molecule has 25 heavy (non-hydrogen) atoms. The molecule has 0 unspecified atom stereocenters. The van der Waals surface area contributed by atoms with Crippen LogP contribution in [0.15, 0.2) is 12.1 Å². The van der Waals surface area contributed by atoms with E-state index in [1.807, 2.05) is 0 Å². The van der Waals surface area contributed by atoms with E-state index in [0.29, 0.717) is 19.4 Å². The Labute approximate surface area is 145 Å². The highest BCUT2D eigenvalue weighted by molar-refractivity contribution is 5.94. The molecular formula is C18H23F3N2O2. The highest BCUT2D eigenvalue weighted by Gasteiger charge is 2.31. The van der Waals surface area contributed by atoms with Gasteiger partial charge in [0.1, 0.15) is 0 Å². The molecule has 0 radical (unpaired) electrons. The number of nitrogens with zero attached hydrogens (tertiary/aromatic N) is 2. The van der Waals surface area contributed by atoms with E-state index in [9.17, 15) is 22.8 Å². The van der Waals surface area contributed by atoms with Crippen molar-refractivity contribution < 1.29 is 22.8 Å². The zero-order chi connectivity index (χ0) is 18.6. The second-order valence-electron chi connectivity index (χ2n) is 6.40. The van der Waals surface area contributed by atoms with Gasteiger partial charge in [0.25, 0.3) is 5.91 Å². The van der Waals surface area contributed by atoms with Crippen molar-refractivity contribution in [1.29, 1.82) is 0 Å². The van der Waals surface area contributed by atoms with E-state index in [2.05, 4.69) is 6.92 Å².